The van der Waals surface area contributed by atoms with Gasteiger partial charge in [-0.3, -0.25) is 4.72 Å². The van der Waals surface area contributed by atoms with Gasteiger partial charge in [-0.2, -0.15) is 8.42 Å². The predicted molar refractivity (Wildman–Crippen MR) is 56.2 cm³/mol. The lowest BCUT2D eigenvalue weighted by Gasteiger charge is -2.15. The Bertz CT molecular complexity index is 522. The van der Waals surface area contributed by atoms with Gasteiger partial charge in [0.1, 0.15) is 0 Å². The Balaban J connectivity index is 2.68. The summed E-state index contributed by atoms with van der Waals surface area (Å²) in [7, 11) is -3.56. The van der Waals surface area contributed by atoms with Gasteiger partial charge in [-0.05, 0) is 25.1 Å². The van der Waals surface area contributed by atoms with Crippen LogP contribution in [0.15, 0.2) is 22.6 Å². The van der Waals surface area contributed by atoms with Gasteiger partial charge < -0.3 is 0 Å². The molecule has 1 aliphatic heterocycles. The molecule has 0 aliphatic carbocycles. The third-order valence-corrected chi connectivity index (χ3v) is 3.09. The molecule has 0 spiro atoms. The normalized spacial score (nSPS) is 18.0. The maximum atomic E-state index is 11.2. The molecule has 0 amide bonds. The number of rotatable bonds is 0. The first-order valence-electron chi connectivity index (χ1n) is 3.87. The molecule has 0 radical (unpaired) electrons. The first-order valence-corrected chi connectivity index (χ1v) is 5.69. The summed E-state index contributed by atoms with van der Waals surface area (Å²) in [5.74, 6) is 0. The Morgan fingerprint density at radius 2 is 2.14 bits per heavy atom. The number of anilines is 1. The van der Waals surface area contributed by atoms with Crippen LogP contribution in [0.4, 0.5) is 5.69 Å². The van der Waals surface area contributed by atoms with E-state index in [0.717, 1.165) is 0 Å². The lowest BCUT2D eigenvalue weighted by Crippen LogP contribution is -2.19. The van der Waals surface area contributed by atoms with Crippen molar-refractivity contribution < 1.29 is 8.42 Å². The Morgan fingerprint density at radius 1 is 1.43 bits per heavy atom. The fraction of sp³-hybridized carbons (Fsp3) is 0.125. The van der Waals surface area contributed by atoms with Crippen molar-refractivity contribution in [2.45, 2.75) is 6.92 Å². The highest BCUT2D eigenvalue weighted by atomic mass is 35.5. The van der Waals surface area contributed by atoms with Crippen molar-refractivity contribution in [1.29, 1.82) is 0 Å². The summed E-state index contributed by atoms with van der Waals surface area (Å²) in [6.07, 6.45) is 0. The van der Waals surface area contributed by atoms with Gasteiger partial charge in [0.25, 0.3) is 0 Å². The molecule has 74 valence electrons. The predicted octanol–water partition coefficient (Wildman–Crippen LogP) is 1.82. The fourth-order valence-electron chi connectivity index (χ4n) is 1.30. The van der Waals surface area contributed by atoms with E-state index in [0.29, 0.717) is 22.0 Å². The van der Waals surface area contributed by atoms with Crippen LogP contribution >= 0.6 is 11.6 Å². The van der Waals surface area contributed by atoms with Crippen LogP contribution < -0.4 is 4.72 Å². The Labute approximate surface area is 86.8 Å². The van der Waals surface area contributed by atoms with Gasteiger partial charge in [-0.25, -0.2) is 0 Å². The van der Waals surface area contributed by atoms with Crippen molar-refractivity contribution in [3.63, 3.8) is 0 Å². The standard InChI is InChI=1S/C8H7ClN2O2S/c1-5-7-4-6(9)2-3-8(7)11-14(12,13)10-5/h2-4,11H,1H3. The second-order valence-corrected chi connectivity index (χ2v) is 4.72. The topological polar surface area (TPSA) is 58.5 Å². The Kier molecular flexibility index (Phi) is 2.01. The van der Waals surface area contributed by atoms with Crippen LogP contribution in [-0.2, 0) is 10.2 Å². The average molecular weight is 231 g/mol. The Hall–Kier alpha value is -1.07. The molecule has 0 saturated carbocycles. The van der Waals surface area contributed by atoms with E-state index in [1.807, 2.05) is 0 Å². The van der Waals surface area contributed by atoms with Crippen LogP contribution in [0.1, 0.15) is 12.5 Å². The van der Waals surface area contributed by atoms with Crippen LogP contribution in [0, 0.1) is 0 Å². The lowest BCUT2D eigenvalue weighted by atomic mass is 10.1. The van der Waals surface area contributed by atoms with Crippen LogP contribution in [0.5, 0.6) is 0 Å². The minimum Gasteiger partial charge on any atom is -0.264 e. The van der Waals surface area contributed by atoms with Crippen molar-refractivity contribution in [1.82, 2.24) is 0 Å². The first-order chi connectivity index (χ1) is 6.48. The van der Waals surface area contributed by atoms with E-state index in [1.165, 1.54) is 0 Å². The zero-order valence-corrected chi connectivity index (χ0v) is 8.85. The van der Waals surface area contributed by atoms with Gasteiger partial charge in [-0.1, -0.05) is 11.6 Å². The molecule has 0 bridgehead atoms. The van der Waals surface area contributed by atoms with E-state index in [9.17, 15) is 8.42 Å². The van der Waals surface area contributed by atoms with E-state index in [1.54, 1.807) is 25.1 Å². The third-order valence-electron chi connectivity index (χ3n) is 1.87. The molecule has 6 heteroatoms. The number of nitrogens with one attached hydrogen (secondary N) is 1. The number of nitrogens with zero attached hydrogens (tertiary/aromatic N) is 1. The second-order valence-electron chi connectivity index (χ2n) is 2.94. The molecule has 4 nitrogen and oxygen atoms in total. The summed E-state index contributed by atoms with van der Waals surface area (Å²) in [4.78, 5) is 0. The number of hydrogen-bond acceptors (Lipinski definition) is 2. The number of fused-ring (bicyclic) bond motifs is 1. The van der Waals surface area contributed by atoms with Gasteiger partial charge >= 0.3 is 10.2 Å². The van der Waals surface area contributed by atoms with Crippen LogP contribution in [0.2, 0.25) is 5.02 Å². The molecular weight excluding hydrogens is 224 g/mol. The van der Waals surface area contributed by atoms with E-state index in [4.69, 9.17) is 11.6 Å². The smallest absolute Gasteiger partial charge is 0.264 e. The van der Waals surface area contributed by atoms with Crippen LogP contribution in [-0.4, -0.2) is 14.1 Å². The van der Waals surface area contributed by atoms with Gasteiger partial charge in [0.2, 0.25) is 0 Å². The quantitative estimate of drug-likeness (QED) is 0.739. The summed E-state index contributed by atoms with van der Waals surface area (Å²) in [5, 5.41) is 0.555. The molecule has 0 aromatic heterocycles. The van der Waals surface area contributed by atoms with Gasteiger partial charge in [-0.15, -0.1) is 4.40 Å². The zero-order valence-electron chi connectivity index (χ0n) is 7.28. The first kappa shape index (κ1) is 9.48. The second kappa shape index (κ2) is 2.96. The molecule has 0 unspecified atom stereocenters. The van der Waals surface area contributed by atoms with E-state index in [2.05, 4.69) is 9.12 Å². The summed E-state index contributed by atoms with van der Waals surface area (Å²) >= 11 is 5.78. The van der Waals surface area contributed by atoms with Crippen molar-refractivity contribution in [3.05, 3.63) is 28.8 Å². The minimum atomic E-state index is -3.56. The van der Waals surface area contributed by atoms with E-state index in [-0.39, 0.29) is 0 Å². The van der Waals surface area contributed by atoms with E-state index < -0.39 is 10.2 Å². The maximum absolute atomic E-state index is 11.2. The van der Waals surface area contributed by atoms with Crippen molar-refractivity contribution in [2.75, 3.05) is 4.72 Å². The van der Waals surface area contributed by atoms with Crippen LogP contribution in [0.3, 0.4) is 0 Å². The number of halogens is 1. The molecular formula is C8H7ClN2O2S. The number of hydrogen-bond donors (Lipinski definition) is 1. The van der Waals surface area contributed by atoms with E-state index >= 15 is 0 Å². The fourth-order valence-corrected chi connectivity index (χ4v) is 2.43. The van der Waals surface area contributed by atoms with Crippen molar-refractivity contribution in [2.24, 2.45) is 4.40 Å². The minimum absolute atomic E-state index is 0.446. The average Bonchev–Trinajstić information content (AvgIpc) is 2.05. The Morgan fingerprint density at radius 3 is 2.86 bits per heavy atom. The van der Waals surface area contributed by atoms with Gasteiger partial charge in [0, 0.05) is 10.6 Å². The summed E-state index contributed by atoms with van der Waals surface area (Å²) in [6.45, 7) is 1.63. The highest BCUT2D eigenvalue weighted by molar-refractivity contribution is 7.91. The molecule has 1 heterocycles. The van der Waals surface area contributed by atoms with Crippen molar-refractivity contribution in [3.8, 4) is 0 Å². The molecule has 1 aliphatic rings. The molecule has 0 fully saturated rings. The molecule has 1 aromatic rings. The van der Waals surface area contributed by atoms with Crippen molar-refractivity contribution >= 4 is 33.2 Å². The highest BCUT2D eigenvalue weighted by Gasteiger charge is 2.19. The molecule has 1 N–H and O–H groups in total. The SMILES string of the molecule is CC1=NS(=O)(=O)Nc2ccc(Cl)cc21. The monoisotopic (exact) mass is 230 g/mol. The summed E-state index contributed by atoms with van der Waals surface area (Å²) in [5.41, 5.74) is 1.68. The highest BCUT2D eigenvalue weighted by Crippen LogP contribution is 2.26. The summed E-state index contributed by atoms with van der Waals surface area (Å²) in [6, 6.07) is 4.92. The van der Waals surface area contributed by atoms with Gasteiger partial charge in [0.05, 0.1) is 11.4 Å². The summed E-state index contributed by atoms with van der Waals surface area (Å²) < 4.78 is 28.2. The lowest BCUT2D eigenvalue weighted by molar-refractivity contribution is 0.602. The number of benzene rings is 1. The maximum Gasteiger partial charge on any atom is 0.342 e. The zero-order chi connectivity index (χ0) is 10.3. The molecule has 2 rings (SSSR count). The third kappa shape index (κ3) is 1.60. The van der Waals surface area contributed by atoms with Gasteiger partial charge in [0.15, 0.2) is 0 Å². The molecule has 14 heavy (non-hydrogen) atoms. The van der Waals surface area contributed by atoms with Crippen LogP contribution in [0.25, 0.3) is 0 Å². The molecule has 0 saturated heterocycles. The molecule has 1 aromatic carbocycles. The molecule has 0 atom stereocenters. The largest absolute Gasteiger partial charge is 0.342 e.